The molecule has 2 amide bonds. The van der Waals surface area contributed by atoms with Crippen LogP contribution in [0.15, 0.2) is 54.6 Å². The van der Waals surface area contributed by atoms with Gasteiger partial charge in [0.15, 0.2) is 6.10 Å². The molecule has 7 nitrogen and oxygen atoms in total. The molecule has 3 rings (SSSR count). The van der Waals surface area contributed by atoms with Gasteiger partial charge in [-0.2, -0.15) is 0 Å². The molecule has 0 bridgehead atoms. The molecule has 3 N–H and O–H groups in total. The van der Waals surface area contributed by atoms with E-state index in [0.29, 0.717) is 12.2 Å². The number of carbonyl (C=O) groups is 2. The third kappa shape index (κ3) is 6.49. The fourth-order valence-electron chi connectivity index (χ4n) is 3.50. The van der Waals surface area contributed by atoms with E-state index in [-0.39, 0.29) is 11.8 Å². The van der Waals surface area contributed by atoms with Gasteiger partial charge >= 0.3 is 0 Å². The number of para-hydroxylation sites is 1. The van der Waals surface area contributed by atoms with E-state index in [1.807, 2.05) is 31.2 Å². The third-order valence-electron chi connectivity index (χ3n) is 5.29. The van der Waals surface area contributed by atoms with Crippen molar-refractivity contribution in [1.82, 2.24) is 10.9 Å². The first kappa shape index (κ1) is 21.6. The van der Waals surface area contributed by atoms with Crippen LogP contribution in [-0.4, -0.2) is 50.6 Å². The molecule has 2 aromatic carbocycles. The first-order chi connectivity index (χ1) is 14.5. The monoisotopic (exact) mass is 411 g/mol. The molecule has 7 heteroatoms. The number of hydrazine groups is 1. The van der Waals surface area contributed by atoms with Gasteiger partial charge in [0, 0.05) is 5.69 Å². The van der Waals surface area contributed by atoms with E-state index >= 15 is 0 Å². The van der Waals surface area contributed by atoms with Crippen LogP contribution >= 0.6 is 0 Å². The van der Waals surface area contributed by atoms with Crippen molar-refractivity contribution in [2.24, 2.45) is 0 Å². The SMILES string of the molecule is Cc1cccc(O[C@@H](C)C(=O)NNC(=O)CC[NH+]2CCN(c3ccccc3)CC2)c1. The van der Waals surface area contributed by atoms with Crippen LogP contribution in [0.3, 0.4) is 0 Å². The smallest absolute Gasteiger partial charge is 0.279 e. The molecule has 0 aliphatic carbocycles. The molecule has 160 valence electrons. The summed E-state index contributed by atoms with van der Waals surface area (Å²) in [5, 5.41) is 0. The summed E-state index contributed by atoms with van der Waals surface area (Å²) in [6.45, 7) is 8.31. The Morgan fingerprint density at radius 1 is 1.07 bits per heavy atom. The second-order valence-corrected chi connectivity index (χ2v) is 7.69. The molecular formula is C23H31N4O3+. The Labute approximate surface area is 178 Å². The molecule has 1 saturated heterocycles. The third-order valence-corrected chi connectivity index (χ3v) is 5.29. The summed E-state index contributed by atoms with van der Waals surface area (Å²) in [5.41, 5.74) is 7.25. The lowest BCUT2D eigenvalue weighted by molar-refractivity contribution is -0.900. The Hall–Kier alpha value is -3.06. The first-order valence-corrected chi connectivity index (χ1v) is 10.5. The van der Waals surface area contributed by atoms with Gasteiger partial charge in [0.1, 0.15) is 5.75 Å². The van der Waals surface area contributed by atoms with Crippen LogP contribution < -0.4 is 25.4 Å². The van der Waals surface area contributed by atoms with Gasteiger partial charge in [-0.25, -0.2) is 0 Å². The van der Waals surface area contributed by atoms with E-state index in [1.54, 1.807) is 13.0 Å². The maximum atomic E-state index is 12.2. The minimum absolute atomic E-state index is 0.191. The van der Waals surface area contributed by atoms with Crippen molar-refractivity contribution >= 4 is 17.5 Å². The molecule has 0 saturated carbocycles. The van der Waals surface area contributed by atoms with Crippen LogP contribution in [0.4, 0.5) is 5.69 Å². The van der Waals surface area contributed by atoms with Crippen molar-refractivity contribution in [2.75, 3.05) is 37.6 Å². The minimum atomic E-state index is -0.705. The van der Waals surface area contributed by atoms with Gasteiger partial charge in [-0.1, -0.05) is 30.3 Å². The Kier molecular flexibility index (Phi) is 7.68. The summed E-state index contributed by atoms with van der Waals surface area (Å²) < 4.78 is 5.62. The molecule has 0 radical (unpaired) electrons. The highest BCUT2D eigenvalue weighted by Gasteiger charge is 2.21. The fourth-order valence-corrected chi connectivity index (χ4v) is 3.50. The molecule has 1 atom stereocenters. The van der Waals surface area contributed by atoms with Gasteiger partial charge in [-0.05, 0) is 43.7 Å². The van der Waals surface area contributed by atoms with E-state index in [1.165, 1.54) is 10.6 Å². The van der Waals surface area contributed by atoms with E-state index in [0.717, 1.165) is 38.3 Å². The highest BCUT2D eigenvalue weighted by Crippen LogP contribution is 2.14. The average Bonchev–Trinajstić information content (AvgIpc) is 2.77. The van der Waals surface area contributed by atoms with E-state index in [4.69, 9.17) is 4.74 Å². The maximum Gasteiger partial charge on any atom is 0.279 e. The van der Waals surface area contributed by atoms with E-state index in [9.17, 15) is 9.59 Å². The lowest BCUT2D eigenvalue weighted by Crippen LogP contribution is -3.15. The van der Waals surface area contributed by atoms with Crippen molar-refractivity contribution < 1.29 is 19.2 Å². The summed E-state index contributed by atoms with van der Waals surface area (Å²) >= 11 is 0. The quantitative estimate of drug-likeness (QED) is 0.587. The standard InChI is InChI=1S/C23H30N4O3/c1-18-7-6-10-21(17-18)30-19(2)23(29)25-24-22(28)11-12-26-13-15-27(16-14-26)20-8-4-3-5-9-20/h3-10,17,19H,11-16H2,1-2H3,(H,24,28)(H,25,29)/p+1/t19-/m0/s1. The van der Waals surface area contributed by atoms with Crippen LogP contribution in [0.1, 0.15) is 18.9 Å². The number of aryl methyl sites for hydroxylation is 1. The lowest BCUT2D eigenvalue weighted by Gasteiger charge is -2.33. The minimum Gasteiger partial charge on any atom is -0.481 e. The highest BCUT2D eigenvalue weighted by atomic mass is 16.5. The van der Waals surface area contributed by atoms with E-state index < -0.39 is 6.10 Å². The van der Waals surface area contributed by atoms with E-state index in [2.05, 4.69) is 40.0 Å². The van der Waals surface area contributed by atoms with Gasteiger partial charge in [0.05, 0.1) is 39.1 Å². The normalized spacial score (nSPS) is 15.3. The number of piperazine rings is 1. The van der Waals surface area contributed by atoms with Crippen molar-refractivity contribution in [3.8, 4) is 5.75 Å². The maximum absolute atomic E-state index is 12.2. The summed E-state index contributed by atoms with van der Waals surface area (Å²) in [6.07, 6.45) is -0.336. The molecule has 2 aromatic rings. The lowest BCUT2D eigenvalue weighted by atomic mass is 10.2. The summed E-state index contributed by atoms with van der Waals surface area (Å²) in [5.74, 6) is 0.0556. The Morgan fingerprint density at radius 2 is 1.80 bits per heavy atom. The summed E-state index contributed by atoms with van der Waals surface area (Å²) in [7, 11) is 0. The molecule has 1 fully saturated rings. The average molecular weight is 412 g/mol. The van der Waals surface area contributed by atoms with Gasteiger partial charge in [-0.15, -0.1) is 0 Å². The Bertz CT molecular complexity index is 835. The van der Waals surface area contributed by atoms with Crippen molar-refractivity contribution in [3.63, 3.8) is 0 Å². The molecule has 1 heterocycles. The molecule has 0 unspecified atom stereocenters. The zero-order valence-electron chi connectivity index (χ0n) is 17.7. The van der Waals surface area contributed by atoms with Crippen LogP contribution in [-0.2, 0) is 9.59 Å². The predicted molar refractivity (Wildman–Crippen MR) is 116 cm³/mol. The number of quaternary nitrogens is 1. The highest BCUT2D eigenvalue weighted by molar-refractivity contribution is 5.84. The molecule has 1 aliphatic rings. The molecular weight excluding hydrogens is 380 g/mol. The van der Waals surface area contributed by atoms with Crippen molar-refractivity contribution in [3.05, 3.63) is 60.2 Å². The van der Waals surface area contributed by atoms with Gasteiger partial charge in [-0.3, -0.25) is 20.4 Å². The number of carbonyl (C=O) groups excluding carboxylic acids is 2. The van der Waals surface area contributed by atoms with Gasteiger partial charge in [0.25, 0.3) is 5.91 Å². The number of hydrogen-bond acceptors (Lipinski definition) is 4. The first-order valence-electron chi connectivity index (χ1n) is 10.5. The molecule has 0 spiro atoms. The predicted octanol–water partition coefficient (Wildman–Crippen LogP) is 0.705. The van der Waals surface area contributed by atoms with Crippen LogP contribution in [0.25, 0.3) is 0 Å². The number of amides is 2. The number of ether oxygens (including phenoxy) is 1. The second-order valence-electron chi connectivity index (χ2n) is 7.69. The zero-order chi connectivity index (χ0) is 21.3. The fraction of sp³-hybridized carbons (Fsp3) is 0.391. The van der Waals surface area contributed by atoms with Crippen molar-refractivity contribution in [1.29, 1.82) is 0 Å². The number of rotatable bonds is 7. The van der Waals surface area contributed by atoms with Crippen LogP contribution in [0.2, 0.25) is 0 Å². The Balaban J connectivity index is 1.32. The van der Waals surface area contributed by atoms with Crippen molar-refractivity contribution in [2.45, 2.75) is 26.4 Å². The number of hydrogen-bond donors (Lipinski definition) is 3. The summed E-state index contributed by atoms with van der Waals surface area (Å²) in [6, 6.07) is 17.9. The second kappa shape index (κ2) is 10.6. The zero-order valence-corrected chi connectivity index (χ0v) is 17.7. The number of anilines is 1. The molecule has 1 aliphatic heterocycles. The number of nitrogens with one attached hydrogen (secondary N) is 3. The summed E-state index contributed by atoms with van der Waals surface area (Å²) in [4.78, 5) is 28.0. The topological polar surface area (TPSA) is 75.1 Å². The van der Waals surface area contributed by atoms with Gasteiger partial charge in [0.2, 0.25) is 5.91 Å². The molecule has 0 aromatic heterocycles. The number of nitrogens with zero attached hydrogens (tertiary/aromatic N) is 1. The Morgan fingerprint density at radius 3 is 2.50 bits per heavy atom. The largest absolute Gasteiger partial charge is 0.481 e. The van der Waals surface area contributed by atoms with Crippen LogP contribution in [0.5, 0.6) is 5.75 Å². The number of benzene rings is 2. The molecule has 30 heavy (non-hydrogen) atoms. The van der Waals surface area contributed by atoms with Crippen LogP contribution in [0, 0.1) is 6.92 Å². The van der Waals surface area contributed by atoms with Gasteiger partial charge < -0.3 is 14.5 Å².